The lowest BCUT2D eigenvalue weighted by Gasteiger charge is -2.12. The number of tetrazole rings is 1. The van der Waals surface area contributed by atoms with E-state index in [9.17, 15) is 4.79 Å². The van der Waals surface area contributed by atoms with Gasteiger partial charge >= 0.3 is 0 Å². The number of hydrogen-bond acceptors (Lipinski definition) is 5. The van der Waals surface area contributed by atoms with E-state index in [-0.39, 0.29) is 5.95 Å². The fourth-order valence-electron chi connectivity index (χ4n) is 2.17. The number of fused-ring (bicyclic) bond motifs is 1. The highest BCUT2D eigenvalue weighted by molar-refractivity contribution is 9.10. The van der Waals surface area contributed by atoms with Crippen molar-refractivity contribution in [3.63, 3.8) is 0 Å². The molecule has 1 heterocycles. The van der Waals surface area contributed by atoms with Crippen molar-refractivity contribution >= 4 is 44.8 Å². The molecule has 1 N–H and O–H groups in total. The number of anilines is 1. The van der Waals surface area contributed by atoms with E-state index in [1.54, 1.807) is 6.07 Å². The molecule has 0 aliphatic heterocycles. The van der Waals surface area contributed by atoms with Crippen LogP contribution in [0.25, 0.3) is 17.0 Å². The summed E-state index contributed by atoms with van der Waals surface area (Å²) in [6, 6.07) is 9.44. The zero-order valence-electron chi connectivity index (χ0n) is 12.2. The van der Waals surface area contributed by atoms with Crippen LogP contribution in [0.5, 0.6) is 5.75 Å². The van der Waals surface area contributed by atoms with Crippen molar-refractivity contribution in [1.82, 2.24) is 20.2 Å². The van der Waals surface area contributed by atoms with E-state index >= 15 is 0 Å². The molecule has 0 aliphatic carbocycles. The molecule has 23 heavy (non-hydrogen) atoms. The Morgan fingerprint density at radius 2 is 2.22 bits per heavy atom. The quantitative estimate of drug-likeness (QED) is 0.759. The first-order valence-electron chi connectivity index (χ1n) is 6.62. The van der Waals surface area contributed by atoms with E-state index in [4.69, 9.17) is 4.74 Å². The maximum absolute atomic E-state index is 12.5. The second-order valence-electron chi connectivity index (χ2n) is 4.56. The van der Waals surface area contributed by atoms with E-state index < -0.39 is 5.91 Å². The predicted molar refractivity (Wildman–Crippen MR) is 90.4 cm³/mol. The van der Waals surface area contributed by atoms with Gasteiger partial charge in [0.15, 0.2) is 0 Å². The number of carbonyl (C=O) groups excluding carboxylic acids is 1. The third-order valence-electron chi connectivity index (χ3n) is 3.21. The summed E-state index contributed by atoms with van der Waals surface area (Å²) in [5.74, 6) is 0.135. The summed E-state index contributed by atoms with van der Waals surface area (Å²) in [5, 5.41) is 15.8. The monoisotopic (exact) mass is 373 g/mol. The van der Waals surface area contributed by atoms with Gasteiger partial charge in [0.05, 0.1) is 17.1 Å². The fraction of sp³-hybridized carbons (Fsp3) is 0.0667. The normalized spacial score (nSPS) is 10.5. The van der Waals surface area contributed by atoms with E-state index in [2.05, 4.69) is 43.2 Å². The van der Waals surface area contributed by atoms with Crippen LogP contribution in [0.2, 0.25) is 0 Å². The largest absolute Gasteiger partial charge is 0.495 e. The first-order valence-corrected chi connectivity index (χ1v) is 7.42. The van der Waals surface area contributed by atoms with Crippen LogP contribution < -0.4 is 10.1 Å². The Bertz CT molecular complexity index is 906. The van der Waals surface area contributed by atoms with Gasteiger partial charge in [-0.3, -0.25) is 10.1 Å². The Balaban J connectivity index is 2.03. The van der Waals surface area contributed by atoms with Crippen LogP contribution >= 0.6 is 15.9 Å². The maximum Gasteiger partial charge on any atom is 0.270 e. The first kappa shape index (κ1) is 15.2. The van der Waals surface area contributed by atoms with Crippen molar-refractivity contribution < 1.29 is 9.53 Å². The standard InChI is InChI=1S/C15H12BrN5O2/c1-3-21-19-15(18-20-21)17-14(22)11-8-9-6-4-5-7-10(9)12(16)13(11)23-2/h3-8H,1H2,2H3,(H,17,19,22). The topological polar surface area (TPSA) is 81.9 Å². The third kappa shape index (κ3) is 2.80. The molecule has 0 fully saturated rings. The highest BCUT2D eigenvalue weighted by Crippen LogP contribution is 2.36. The van der Waals surface area contributed by atoms with E-state index in [0.717, 1.165) is 15.6 Å². The molecular weight excluding hydrogens is 362 g/mol. The molecule has 1 aromatic heterocycles. The van der Waals surface area contributed by atoms with Crippen molar-refractivity contribution in [3.05, 3.63) is 46.9 Å². The van der Waals surface area contributed by atoms with Crippen molar-refractivity contribution in [2.45, 2.75) is 0 Å². The minimum Gasteiger partial charge on any atom is -0.495 e. The number of carbonyl (C=O) groups is 1. The smallest absolute Gasteiger partial charge is 0.270 e. The predicted octanol–water partition coefficient (Wildman–Crippen LogP) is 2.95. The summed E-state index contributed by atoms with van der Waals surface area (Å²) in [6.07, 6.45) is 1.37. The zero-order valence-corrected chi connectivity index (χ0v) is 13.7. The van der Waals surface area contributed by atoms with Crippen LogP contribution in [0.3, 0.4) is 0 Å². The van der Waals surface area contributed by atoms with Gasteiger partial charge in [0, 0.05) is 6.20 Å². The van der Waals surface area contributed by atoms with Crippen LogP contribution in [0, 0.1) is 0 Å². The number of ether oxygens (including phenoxy) is 1. The number of hydrogen-bond donors (Lipinski definition) is 1. The average Bonchev–Trinajstić information content (AvgIpc) is 3.02. The van der Waals surface area contributed by atoms with Gasteiger partial charge in [0.25, 0.3) is 11.9 Å². The molecule has 116 valence electrons. The number of nitrogens with one attached hydrogen (secondary N) is 1. The first-order chi connectivity index (χ1) is 11.1. The van der Waals surface area contributed by atoms with Crippen molar-refractivity contribution in [3.8, 4) is 5.75 Å². The number of nitrogens with zero attached hydrogens (tertiary/aromatic N) is 4. The number of aromatic nitrogens is 4. The molecule has 2 aromatic carbocycles. The molecule has 0 saturated heterocycles. The molecule has 0 bridgehead atoms. The molecular formula is C15H12BrN5O2. The average molecular weight is 374 g/mol. The lowest BCUT2D eigenvalue weighted by Crippen LogP contribution is -2.14. The van der Waals surface area contributed by atoms with Gasteiger partial charge in [-0.1, -0.05) is 35.9 Å². The van der Waals surface area contributed by atoms with Gasteiger partial charge in [-0.2, -0.15) is 0 Å². The lowest BCUT2D eigenvalue weighted by atomic mass is 10.1. The van der Waals surface area contributed by atoms with Crippen LogP contribution in [-0.4, -0.2) is 33.2 Å². The highest BCUT2D eigenvalue weighted by Gasteiger charge is 2.19. The van der Waals surface area contributed by atoms with Crippen molar-refractivity contribution in [2.24, 2.45) is 0 Å². The van der Waals surface area contributed by atoms with Crippen LogP contribution in [0.15, 0.2) is 41.4 Å². The van der Waals surface area contributed by atoms with E-state index in [1.807, 2.05) is 24.3 Å². The van der Waals surface area contributed by atoms with Crippen molar-refractivity contribution in [1.29, 1.82) is 0 Å². The molecule has 8 heteroatoms. The molecule has 0 radical (unpaired) electrons. The number of halogens is 1. The van der Waals surface area contributed by atoms with Crippen molar-refractivity contribution in [2.75, 3.05) is 12.4 Å². The number of benzene rings is 2. The van der Waals surface area contributed by atoms with Crippen LogP contribution in [-0.2, 0) is 0 Å². The molecule has 0 atom stereocenters. The summed E-state index contributed by atoms with van der Waals surface area (Å²) in [5.41, 5.74) is 0.369. The molecule has 0 saturated carbocycles. The van der Waals surface area contributed by atoms with Gasteiger partial charge in [-0.25, -0.2) is 0 Å². The fourth-order valence-corrected chi connectivity index (χ4v) is 2.91. The SMILES string of the molecule is C=Cn1nnc(NC(=O)c2cc3ccccc3c(Br)c2OC)n1. The lowest BCUT2D eigenvalue weighted by molar-refractivity contribution is 0.102. The van der Waals surface area contributed by atoms with Crippen LogP contribution in [0.4, 0.5) is 5.95 Å². The minimum absolute atomic E-state index is 0.0845. The molecule has 0 aliphatic rings. The second-order valence-corrected chi connectivity index (χ2v) is 5.36. The number of amides is 1. The maximum atomic E-state index is 12.5. The Kier molecular flexibility index (Phi) is 4.07. The third-order valence-corrected chi connectivity index (χ3v) is 3.99. The Morgan fingerprint density at radius 1 is 1.43 bits per heavy atom. The minimum atomic E-state index is -0.392. The molecule has 3 rings (SSSR count). The molecule has 1 amide bonds. The summed E-state index contributed by atoms with van der Waals surface area (Å²) >= 11 is 3.50. The van der Waals surface area contributed by atoms with Crippen LogP contribution in [0.1, 0.15) is 10.4 Å². The van der Waals surface area contributed by atoms with E-state index in [0.29, 0.717) is 15.8 Å². The Hall–Kier alpha value is -2.74. The van der Waals surface area contributed by atoms with E-state index in [1.165, 1.54) is 13.3 Å². The summed E-state index contributed by atoms with van der Waals surface area (Å²) in [4.78, 5) is 13.7. The zero-order chi connectivity index (χ0) is 16.4. The molecule has 3 aromatic rings. The van der Waals surface area contributed by atoms with Gasteiger partial charge in [-0.15, -0.1) is 9.90 Å². The molecule has 7 nitrogen and oxygen atoms in total. The Morgan fingerprint density at radius 3 is 2.91 bits per heavy atom. The summed E-state index contributed by atoms with van der Waals surface area (Å²) in [7, 11) is 1.51. The Labute approximate surface area is 140 Å². The summed E-state index contributed by atoms with van der Waals surface area (Å²) in [6.45, 7) is 3.51. The highest BCUT2D eigenvalue weighted by atomic mass is 79.9. The molecule has 0 unspecified atom stereocenters. The van der Waals surface area contributed by atoms with Gasteiger partial charge in [0.2, 0.25) is 0 Å². The molecule has 0 spiro atoms. The number of rotatable bonds is 4. The van der Waals surface area contributed by atoms with Gasteiger partial charge in [0.1, 0.15) is 5.75 Å². The number of methoxy groups -OCH3 is 1. The summed E-state index contributed by atoms with van der Waals surface area (Å²) < 4.78 is 6.10. The second kappa shape index (κ2) is 6.17. The van der Waals surface area contributed by atoms with Gasteiger partial charge in [-0.05, 0) is 38.0 Å². The van der Waals surface area contributed by atoms with Gasteiger partial charge < -0.3 is 4.74 Å².